The molecule has 0 heterocycles. The molecule has 0 aliphatic heterocycles. The van der Waals surface area contributed by atoms with Crippen molar-refractivity contribution in [3.8, 4) is 0 Å². The molecule has 2 aliphatic rings. The molecule has 0 saturated heterocycles. The topological polar surface area (TPSA) is 34.1 Å². The van der Waals surface area contributed by atoms with E-state index in [1.54, 1.807) is 13.8 Å². The third-order valence-corrected chi connectivity index (χ3v) is 27.0. The van der Waals surface area contributed by atoms with Crippen LogP contribution in [0.1, 0.15) is 50.3 Å². The van der Waals surface area contributed by atoms with Crippen LogP contribution in [0.25, 0.3) is 12.2 Å². The van der Waals surface area contributed by atoms with Crippen LogP contribution in [0.5, 0.6) is 0 Å². The van der Waals surface area contributed by atoms with E-state index >= 15 is 0 Å². The first-order valence-corrected chi connectivity index (χ1v) is 16.2. The Balaban J connectivity index is 2.12. The third kappa shape index (κ3) is 2.12. The number of allylic oxidation sites excluding steroid dienone is 2. The Morgan fingerprint density at radius 3 is 1.56 bits per heavy atom. The Bertz CT molecular complexity index is 1020. The van der Waals surface area contributed by atoms with Gasteiger partial charge in [-0.3, -0.25) is 0 Å². The first-order valence-electron chi connectivity index (χ1n) is 9.49. The van der Waals surface area contributed by atoms with E-state index in [0.717, 1.165) is 22.3 Å². The van der Waals surface area contributed by atoms with Gasteiger partial charge in [-0.1, -0.05) is 0 Å². The van der Waals surface area contributed by atoms with Crippen LogP contribution in [0.15, 0.2) is 60.7 Å². The quantitative estimate of drug-likeness (QED) is 0.667. The molecule has 2 aliphatic carbocycles. The van der Waals surface area contributed by atoms with Gasteiger partial charge in [-0.25, -0.2) is 0 Å². The summed E-state index contributed by atoms with van der Waals surface area (Å²) >= 11 is -4.92. The van der Waals surface area contributed by atoms with Gasteiger partial charge in [0.2, 0.25) is 0 Å². The maximum absolute atomic E-state index is 13.6. The van der Waals surface area contributed by atoms with Gasteiger partial charge in [0.05, 0.1) is 0 Å². The van der Waals surface area contributed by atoms with Crippen molar-refractivity contribution in [2.45, 2.75) is 28.0 Å². The Labute approximate surface area is 161 Å². The summed E-state index contributed by atoms with van der Waals surface area (Å²) in [5.41, 5.74) is 4.51. The second kappa shape index (κ2) is 6.28. The van der Waals surface area contributed by atoms with E-state index in [0.29, 0.717) is 0 Å². The number of benzene rings is 2. The molecule has 27 heavy (non-hydrogen) atoms. The zero-order valence-corrected chi connectivity index (χ0v) is 18.4. The molecule has 3 heteroatoms. The standard InChI is InChI=1S/2C9H7.2C2H3O.C2H4.Zr/c2*1-2-5-9-7-3-6-8(9)4-1;2*1-2-3;1-2;/h2*1-7H;2*1H3;1H,2H3;. The summed E-state index contributed by atoms with van der Waals surface area (Å²) in [6.07, 6.45) is 8.45. The van der Waals surface area contributed by atoms with Gasteiger partial charge < -0.3 is 0 Å². The molecule has 2 unspecified atom stereocenters. The Morgan fingerprint density at radius 1 is 0.778 bits per heavy atom. The fraction of sp³-hybridized carbons (Fsp3) is 0.208. The van der Waals surface area contributed by atoms with Crippen molar-refractivity contribution in [1.82, 2.24) is 0 Å². The molecule has 2 nitrogen and oxygen atoms in total. The summed E-state index contributed by atoms with van der Waals surface area (Å²) in [6, 6.07) is 16.4. The van der Waals surface area contributed by atoms with Crippen LogP contribution in [0.2, 0.25) is 0 Å². The van der Waals surface area contributed by atoms with E-state index in [1.807, 2.05) is 31.2 Å². The summed E-state index contributed by atoms with van der Waals surface area (Å²) in [6.45, 7) is 5.28. The minimum atomic E-state index is -4.92. The average Bonchev–Trinajstić information content (AvgIpc) is 3.29. The Morgan fingerprint density at radius 2 is 1.19 bits per heavy atom. The Kier molecular flexibility index (Phi) is 4.27. The molecule has 0 radical (unpaired) electrons. The van der Waals surface area contributed by atoms with Crippen molar-refractivity contribution in [3.63, 3.8) is 0 Å². The van der Waals surface area contributed by atoms with E-state index < -0.39 is 18.3 Å². The van der Waals surface area contributed by atoms with E-state index in [1.165, 1.54) is 0 Å². The first kappa shape index (κ1) is 18.4. The van der Waals surface area contributed by atoms with Crippen LogP contribution >= 0.6 is 0 Å². The van der Waals surface area contributed by atoms with Gasteiger partial charge in [-0.05, 0) is 0 Å². The van der Waals surface area contributed by atoms with Crippen molar-refractivity contribution in [2.24, 2.45) is 0 Å². The zero-order valence-electron chi connectivity index (χ0n) is 16.0. The van der Waals surface area contributed by atoms with Gasteiger partial charge in [-0.2, -0.15) is 0 Å². The normalized spacial score (nSPS) is 20.3. The van der Waals surface area contributed by atoms with Gasteiger partial charge in [-0.15, -0.1) is 0 Å². The molecule has 0 aromatic heterocycles. The van der Waals surface area contributed by atoms with Crippen LogP contribution in [0.4, 0.5) is 0 Å². The molecule has 0 bridgehead atoms. The molecular weight excluding hydrogens is 411 g/mol. The Hall–Kier alpha value is -1.99. The predicted molar refractivity (Wildman–Crippen MR) is 110 cm³/mol. The second-order valence-electron chi connectivity index (χ2n) is 7.82. The van der Waals surface area contributed by atoms with E-state index in [-0.39, 0.29) is 14.2 Å². The van der Waals surface area contributed by atoms with Crippen LogP contribution < -0.4 is 0 Å². The van der Waals surface area contributed by atoms with E-state index in [2.05, 4.69) is 52.3 Å². The summed E-state index contributed by atoms with van der Waals surface area (Å²) in [5, 5.41) is 0. The molecule has 136 valence electrons. The molecule has 2 atom stereocenters. The number of carbonyl (C=O) groups excluding carboxylic acids is 2. The van der Waals surface area contributed by atoms with Crippen LogP contribution in [-0.2, 0) is 27.9 Å². The molecule has 4 rings (SSSR count). The van der Waals surface area contributed by atoms with E-state index in [9.17, 15) is 9.59 Å². The molecule has 0 saturated carbocycles. The van der Waals surface area contributed by atoms with Crippen molar-refractivity contribution in [2.75, 3.05) is 0 Å². The maximum atomic E-state index is 13.6. The number of hydrogen-bond donors (Lipinski definition) is 0. The second-order valence-corrected chi connectivity index (χ2v) is 23.1. The number of rotatable bonds is 4. The fourth-order valence-electron chi connectivity index (χ4n) is 5.67. The minimum absolute atomic E-state index is 0.101. The molecule has 0 amide bonds. The van der Waals surface area contributed by atoms with Crippen LogP contribution in [-0.4, -0.2) is 10.7 Å². The molecule has 0 spiro atoms. The van der Waals surface area contributed by atoms with Gasteiger partial charge in [0.25, 0.3) is 0 Å². The van der Waals surface area contributed by atoms with Gasteiger partial charge in [0.15, 0.2) is 0 Å². The number of hydrogen-bond acceptors (Lipinski definition) is 2. The van der Waals surface area contributed by atoms with Crippen LogP contribution in [0.3, 0.4) is 0 Å². The van der Waals surface area contributed by atoms with E-state index in [4.69, 9.17) is 0 Å². The monoisotopic (exact) mass is 434 g/mol. The van der Waals surface area contributed by atoms with Gasteiger partial charge in [0.1, 0.15) is 0 Å². The van der Waals surface area contributed by atoms with Gasteiger partial charge >= 0.3 is 162 Å². The molecule has 0 N–H and O–H groups in total. The third-order valence-electron chi connectivity index (χ3n) is 7.13. The SMILES string of the molecule is C[CH]=[Zr]([C](C)=O)([C](C)=O)([CH]1C=Cc2ccccc21)[CH]1C=Cc2ccccc21. The molecule has 2 aromatic carbocycles. The number of carbonyl (C=O) groups is 2. The van der Waals surface area contributed by atoms with Gasteiger partial charge in [0, 0.05) is 0 Å². The number of fused-ring (bicyclic) bond motifs is 2. The van der Waals surface area contributed by atoms with Crippen molar-refractivity contribution < 1.29 is 27.9 Å². The summed E-state index contributed by atoms with van der Waals surface area (Å²) in [4.78, 5) is 27.3. The summed E-state index contributed by atoms with van der Waals surface area (Å²) in [5.74, 6) is 0. The van der Waals surface area contributed by atoms with Crippen molar-refractivity contribution in [3.05, 3.63) is 82.9 Å². The average molecular weight is 436 g/mol. The van der Waals surface area contributed by atoms with Crippen molar-refractivity contribution in [1.29, 1.82) is 0 Å². The molecular formula is C24H24O2Zr. The zero-order chi connectivity index (χ0) is 19.3. The molecule has 0 fully saturated rings. The molecule has 2 aromatic rings. The summed E-state index contributed by atoms with van der Waals surface area (Å²) < 4.78 is 2.04. The fourth-order valence-corrected chi connectivity index (χ4v) is 23.0. The first-order chi connectivity index (χ1) is 13.0. The van der Waals surface area contributed by atoms with Crippen molar-refractivity contribution >= 4 is 22.8 Å². The predicted octanol–water partition coefficient (Wildman–Crippen LogP) is 5.13. The summed E-state index contributed by atoms with van der Waals surface area (Å²) in [7, 11) is 0. The van der Waals surface area contributed by atoms with Crippen LogP contribution in [0, 0.1) is 0 Å².